The largest absolute Gasteiger partial charge is 0.378 e. The molecule has 0 radical (unpaired) electrons. The van der Waals surface area contributed by atoms with Gasteiger partial charge in [-0.3, -0.25) is 0 Å². The van der Waals surface area contributed by atoms with Crippen molar-refractivity contribution in [1.82, 2.24) is 10.2 Å². The zero-order valence-corrected chi connectivity index (χ0v) is 14.1. The van der Waals surface area contributed by atoms with Crippen molar-refractivity contribution >= 4 is 6.03 Å². The van der Waals surface area contributed by atoms with Gasteiger partial charge in [0.25, 0.3) is 0 Å². The third kappa shape index (κ3) is 3.79. The molecular formula is C18H24N2O5. The van der Waals surface area contributed by atoms with Gasteiger partial charge < -0.3 is 29.2 Å². The van der Waals surface area contributed by atoms with E-state index >= 15 is 0 Å². The average Bonchev–Trinajstić information content (AvgIpc) is 3.25. The maximum Gasteiger partial charge on any atom is 0.317 e. The predicted molar refractivity (Wildman–Crippen MR) is 89.2 cm³/mol. The van der Waals surface area contributed by atoms with Gasteiger partial charge in [0.2, 0.25) is 0 Å². The Morgan fingerprint density at radius 2 is 1.88 bits per heavy atom. The van der Waals surface area contributed by atoms with E-state index in [1.807, 2.05) is 30.3 Å². The number of carbonyl (C=O) groups excluding carboxylic acids is 1. The molecule has 1 aromatic rings. The zero-order chi connectivity index (χ0) is 17.1. The number of benzene rings is 1. The van der Waals surface area contributed by atoms with Crippen molar-refractivity contribution in [3.8, 4) is 0 Å². The summed E-state index contributed by atoms with van der Waals surface area (Å²) >= 11 is 0. The monoisotopic (exact) mass is 348 g/mol. The van der Waals surface area contributed by atoms with Crippen LogP contribution in [0.4, 0.5) is 4.79 Å². The Morgan fingerprint density at radius 3 is 2.68 bits per heavy atom. The molecule has 3 heterocycles. The third-order valence-electron chi connectivity index (χ3n) is 4.92. The van der Waals surface area contributed by atoms with Gasteiger partial charge >= 0.3 is 6.03 Å². The fourth-order valence-corrected chi connectivity index (χ4v) is 3.52. The molecule has 0 aliphatic carbocycles. The SMILES string of the molecule is O=C(N[C@H]1CO[C@H]2[C@H]1OC[C@@H]2OCc1ccccc1)N1CCOCC1. The highest BCUT2D eigenvalue weighted by Gasteiger charge is 2.49. The molecule has 7 nitrogen and oxygen atoms in total. The minimum atomic E-state index is -0.147. The molecule has 3 saturated heterocycles. The molecule has 7 heteroatoms. The number of morpholine rings is 1. The van der Waals surface area contributed by atoms with Crippen molar-refractivity contribution in [1.29, 1.82) is 0 Å². The van der Waals surface area contributed by atoms with E-state index in [0.717, 1.165) is 5.56 Å². The van der Waals surface area contributed by atoms with Crippen LogP contribution < -0.4 is 5.32 Å². The number of urea groups is 1. The van der Waals surface area contributed by atoms with Crippen LogP contribution >= 0.6 is 0 Å². The summed E-state index contributed by atoms with van der Waals surface area (Å²) in [6, 6.07) is 9.84. The number of hydrogen-bond donors (Lipinski definition) is 1. The van der Waals surface area contributed by atoms with Crippen molar-refractivity contribution < 1.29 is 23.7 Å². The van der Waals surface area contributed by atoms with Gasteiger partial charge in [0.15, 0.2) is 0 Å². The minimum Gasteiger partial charge on any atom is -0.378 e. The fourth-order valence-electron chi connectivity index (χ4n) is 3.52. The molecule has 4 atom stereocenters. The van der Waals surface area contributed by atoms with Crippen LogP contribution in [-0.4, -0.2) is 74.8 Å². The first-order valence-corrected chi connectivity index (χ1v) is 8.83. The standard InChI is InChI=1S/C18H24N2O5/c21-18(20-6-8-22-9-7-20)19-14-11-24-17-15(12-25-16(14)17)23-10-13-4-2-1-3-5-13/h1-5,14-17H,6-12H2,(H,19,21)/t14-,15-,16-,17+/m0/s1. The van der Waals surface area contributed by atoms with Gasteiger partial charge in [-0.25, -0.2) is 4.79 Å². The van der Waals surface area contributed by atoms with Crippen LogP contribution in [-0.2, 0) is 25.6 Å². The number of hydrogen-bond acceptors (Lipinski definition) is 5. The van der Waals surface area contributed by atoms with Gasteiger partial charge in [-0.2, -0.15) is 0 Å². The summed E-state index contributed by atoms with van der Waals surface area (Å²) in [5.74, 6) is 0. The quantitative estimate of drug-likeness (QED) is 0.871. The third-order valence-corrected chi connectivity index (χ3v) is 4.92. The summed E-state index contributed by atoms with van der Waals surface area (Å²) in [6.07, 6.45) is -0.375. The van der Waals surface area contributed by atoms with Crippen LogP contribution in [0, 0.1) is 0 Å². The van der Waals surface area contributed by atoms with E-state index in [0.29, 0.717) is 46.1 Å². The maximum atomic E-state index is 12.4. The molecule has 0 bridgehead atoms. The van der Waals surface area contributed by atoms with E-state index in [9.17, 15) is 4.79 Å². The number of nitrogens with one attached hydrogen (secondary N) is 1. The lowest BCUT2D eigenvalue weighted by Gasteiger charge is -2.29. The molecule has 0 spiro atoms. The molecular weight excluding hydrogens is 324 g/mol. The van der Waals surface area contributed by atoms with Gasteiger partial charge in [-0.05, 0) is 5.56 Å². The Morgan fingerprint density at radius 1 is 1.12 bits per heavy atom. The first-order valence-electron chi connectivity index (χ1n) is 8.83. The number of amides is 2. The second-order valence-electron chi connectivity index (χ2n) is 6.59. The summed E-state index contributed by atoms with van der Waals surface area (Å²) in [7, 11) is 0. The summed E-state index contributed by atoms with van der Waals surface area (Å²) in [5, 5.41) is 3.04. The molecule has 1 N–H and O–H groups in total. The molecule has 136 valence electrons. The molecule has 4 rings (SSSR count). The number of ether oxygens (including phenoxy) is 4. The highest BCUT2D eigenvalue weighted by molar-refractivity contribution is 5.74. The van der Waals surface area contributed by atoms with E-state index < -0.39 is 0 Å². The average molecular weight is 348 g/mol. The van der Waals surface area contributed by atoms with Crippen molar-refractivity contribution in [3.63, 3.8) is 0 Å². The molecule has 1 aromatic carbocycles. The summed E-state index contributed by atoms with van der Waals surface area (Å²) < 4.78 is 23.0. The van der Waals surface area contributed by atoms with E-state index in [2.05, 4.69) is 5.32 Å². The minimum absolute atomic E-state index is 0.0743. The molecule has 0 aromatic heterocycles. The Hall–Kier alpha value is -1.67. The van der Waals surface area contributed by atoms with E-state index in [1.54, 1.807) is 4.90 Å². The number of rotatable bonds is 4. The van der Waals surface area contributed by atoms with Crippen molar-refractivity contribution in [2.24, 2.45) is 0 Å². The summed E-state index contributed by atoms with van der Waals surface area (Å²) in [4.78, 5) is 14.1. The molecule has 3 aliphatic heterocycles. The lowest BCUT2D eigenvalue weighted by molar-refractivity contribution is -0.0392. The zero-order valence-electron chi connectivity index (χ0n) is 14.1. The fraction of sp³-hybridized carbons (Fsp3) is 0.611. The Labute approximate surface area is 147 Å². The van der Waals surface area contributed by atoms with Crippen molar-refractivity contribution in [2.75, 3.05) is 39.5 Å². The van der Waals surface area contributed by atoms with E-state index in [-0.39, 0.29) is 30.4 Å². The summed E-state index contributed by atoms with van der Waals surface area (Å²) in [5.41, 5.74) is 1.13. The highest BCUT2D eigenvalue weighted by atomic mass is 16.6. The summed E-state index contributed by atoms with van der Waals surface area (Å²) in [6.45, 7) is 3.91. The second-order valence-corrected chi connectivity index (χ2v) is 6.59. The van der Waals surface area contributed by atoms with Crippen LogP contribution in [0.15, 0.2) is 30.3 Å². The molecule has 25 heavy (non-hydrogen) atoms. The van der Waals surface area contributed by atoms with Gasteiger partial charge in [0.05, 0.1) is 39.1 Å². The van der Waals surface area contributed by atoms with Gasteiger partial charge in [0.1, 0.15) is 18.3 Å². The highest BCUT2D eigenvalue weighted by Crippen LogP contribution is 2.29. The molecule has 0 saturated carbocycles. The molecule has 0 unspecified atom stereocenters. The van der Waals surface area contributed by atoms with Crippen LogP contribution in [0.25, 0.3) is 0 Å². The molecule has 2 amide bonds. The van der Waals surface area contributed by atoms with E-state index in [4.69, 9.17) is 18.9 Å². The van der Waals surface area contributed by atoms with Crippen LogP contribution in [0.3, 0.4) is 0 Å². The van der Waals surface area contributed by atoms with Gasteiger partial charge in [0, 0.05) is 13.1 Å². The van der Waals surface area contributed by atoms with Crippen LogP contribution in [0.2, 0.25) is 0 Å². The number of nitrogens with zero attached hydrogens (tertiary/aromatic N) is 1. The predicted octanol–water partition coefficient (Wildman–Crippen LogP) is 0.780. The molecule has 3 aliphatic rings. The van der Waals surface area contributed by atoms with Gasteiger partial charge in [-0.1, -0.05) is 30.3 Å². The Kier molecular flexibility index (Phi) is 5.17. The first kappa shape index (κ1) is 16.8. The first-order chi connectivity index (χ1) is 12.3. The topological polar surface area (TPSA) is 69.3 Å². The smallest absolute Gasteiger partial charge is 0.317 e. The van der Waals surface area contributed by atoms with E-state index in [1.165, 1.54) is 0 Å². The Balaban J connectivity index is 1.28. The van der Waals surface area contributed by atoms with Gasteiger partial charge in [-0.15, -0.1) is 0 Å². The number of fused-ring (bicyclic) bond motifs is 1. The number of carbonyl (C=O) groups is 1. The van der Waals surface area contributed by atoms with Crippen molar-refractivity contribution in [2.45, 2.75) is 31.0 Å². The normalized spacial score (nSPS) is 31.8. The van der Waals surface area contributed by atoms with Crippen LogP contribution in [0.5, 0.6) is 0 Å². The molecule has 3 fully saturated rings. The lowest BCUT2D eigenvalue weighted by atomic mass is 10.1. The lowest BCUT2D eigenvalue weighted by Crippen LogP contribution is -2.52. The maximum absolute atomic E-state index is 12.4. The Bertz CT molecular complexity index is 578. The van der Waals surface area contributed by atoms with Crippen LogP contribution in [0.1, 0.15) is 5.56 Å². The second kappa shape index (κ2) is 7.70. The van der Waals surface area contributed by atoms with Crippen molar-refractivity contribution in [3.05, 3.63) is 35.9 Å².